The quantitative estimate of drug-likeness (QED) is 0.454. The molecule has 0 radical (unpaired) electrons. The van der Waals surface area contributed by atoms with E-state index in [0.29, 0.717) is 15.6 Å². The summed E-state index contributed by atoms with van der Waals surface area (Å²) < 4.78 is 42.9. The Labute approximate surface area is 205 Å². The van der Waals surface area contributed by atoms with Gasteiger partial charge in [0.15, 0.2) is 0 Å². The molecular weight excluding hydrogens is 552 g/mol. The van der Waals surface area contributed by atoms with E-state index in [-0.39, 0.29) is 32.8 Å². The first-order valence-corrected chi connectivity index (χ1v) is 12.1. The maximum atomic E-state index is 14.2. The van der Waals surface area contributed by atoms with Crippen LogP contribution in [0.4, 0.5) is 13.2 Å². The lowest BCUT2D eigenvalue weighted by atomic mass is 9.86. The van der Waals surface area contributed by atoms with Gasteiger partial charge in [0, 0.05) is 43.6 Å². The minimum Gasteiger partial charge on any atom is -0.374 e. The van der Waals surface area contributed by atoms with E-state index < -0.39 is 18.2 Å². The number of nitrogens with zero attached hydrogens (tertiary/aromatic N) is 1. The molecule has 170 valence electrons. The molecule has 1 fully saturated rings. The molecule has 4 rings (SSSR count). The van der Waals surface area contributed by atoms with Crippen LogP contribution in [0.2, 0.25) is 10.0 Å². The van der Waals surface area contributed by atoms with Gasteiger partial charge in [0.05, 0.1) is 16.8 Å². The number of amides is 1. The molecule has 1 saturated heterocycles. The zero-order chi connectivity index (χ0) is 23.3. The summed E-state index contributed by atoms with van der Waals surface area (Å²) in [5, 5.41) is 6.85. The van der Waals surface area contributed by atoms with Crippen LogP contribution in [0, 0.1) is 0 Å². The molecular formula is C21H16BrCl2F3N2O2S. The van der Waals surface area contributed by atoms with E-state index in [0.717, 1.165) is 11.5 Å². The largest absolute Gasteiger partial charge is 0.435 e. The second kappa shape index (κ2) is 8.42. The minimum atomic E-state index is -4.78. The molecule has 0 aromatic heterocycles. The highest BCUT2D eigenvalue weighted by Crippen LogP contribution is 2.49. The van der Waals surface area contributed by atoms with Gasteiger partial charge in [0.2, 0.25) is 0 Å². The van der Waals surface area contributed by atoms with E-state index in [1.807, 2.05) is 6.92 Å². The minimum absolute atomic E-state index is 0.0600. The lowest BCUT2D eigenvalue weighted by Gasteiger charge is -2.38. The number of carbonyl (C=O) groups is 1. The zero-order valence-corrected chi connectivity index (χ0v) is 20.4. The Balaban J connectivity index is 1.61. The van der Waals surface area contributed by atoms with E-state index in [2.05, 4.69) is 26.4 Å². The maximum Gasteiger partial charge on any atom is 0.435 e. The summed E-state index contributed by atoms with van der Waals surface area (Å²) in [5.74, 6) is 1.40. The smallest absolute Gasteiger partial charge is 0.374 e. The Bertz CT molecular complexity index is 1100. The standard InChI is InChI=1S/C21H16BrCl2F3N2O2S/c1-19(9-32-10-19)28-18(30)15-3-2-11(4-16(15)22)17-8-20(31-29-17,21(25,26)27)12-5-13(23)7-14(24)6-12/h2-7H,8-10H2,1H3,(H,28,30). The highest BCUT2D eigenvalue weighted by Gasteiger charge is 2.62. The van der Waals surface area contributed by atoms with Gasteiger partial charge in [0.25, 0.3) is 11.5 Å². The second-order valence-electron chi connectivity index (χ2n) is 7.99. The molecule has 0 aliphatic carbocycles. The molecule has 4 nitrogen and oxygen atoms in total. The van der Waals surface area contributed by atoms with Crippen LogP contribution in [0.1, 0.15) is 34.8 Å². The van der Waals surface area contributed by atoms with Crippen molar-refractivity contribution in [3.8, 4) is 0 Å². The van der Waals surface area contributed by atoms with Crippen molar-refractivity contribution in [2.75, 3.05) is 11.5 Å². The molecule has 2 aliphatic heterocycles. The van der Waals surface area contributed by atoms with E-state index in [4.69, 9.17) is 28.0 Å². The predicted octanol–water partition coefficient (Wildman–Crippen LogP) is 6.57. The summed E-state index contributed by atoms with van der Waals surface area (Å²) in [4.78, 5) is 17.6. The van der Waals surface area contributed by atoms with Crippen molar-refractivity contribution in [3.05, 3.63) is 67.6 Å². The van der Waals surface area contributed by atoms with Crippen LogP contribution in [0.15, 0.2) is 46.0 Å². The molecule has 2 heterocycles. The Morgan fingerprint density at radius 2 is 1.84 bits per heavy atom. The molecule has 0 saturated carbocycles. The normalized spacial score (nSPS) is 22.0. The van der Waals surface area contributed by atoms with E-state index in [1.165, 1.54) is 18.2 Å². The third kappa shape index (κ3) is 4.36. The van der Waals surface area contributed by atoms with Crippen molar-refractivity contribution in [1.82, 2.24) is 5.32 Å². The average Bonchev–Trinajstić information content (AvgIpc) is 3.12. The zero-order valence-electron chi connectivity index (χ0n) is 16.5. The summed E-state index contributed by atoms with van der Waals surface area (Å²) in [6, 6.07) is 8.35. The molecule has 32 heavy (non-hydrogen) atoms. The SMILES string of the molecule is CC1(NC(=O)c2ccc(C3=NOC(c4cc(Cl)cc(Cl)c4)(C(F)(F)F)C3)cc2Br)CSC1. The summed E-state index contributed by atoms with van der Waals surface area (Å²) in [5.41, 5.74) is -2.33. The second-order valence-corrected chi connectivity index (χ2v) is 10.7. The van der Waals surface area contributed by atoms with E-state index in [1.54, 1.807) is 30.0 Å². The monoisotopic (exact) mass is 566 g/mol. The number of halogens is 6. The molecule has 2 aromatic rings. The van der Waals surface area contributed by atoms with Gasteiger partial charge in [-0.2, -0.15) is 24.9 Å². The number of hydrogen-bond donors (Lipinski definition) is 1. The number of nitrogens with one attached hydrogen (secondary N) is 1. The average molecular weight is 568 g/mol. The van der Waals surface area contributed by atoms with Crippen LogP contribution in [0.3, 0.4) is 0 Å². The molecule has 0 bridgehead atoms. The van der Waals surface area contributed by atoms with Gasteiger partial charge < -0.3 is 10.2 Å². The first-order chi connectivity index (χ1) is 14.9. The fourth-order valence-corrected chi connectivity index (χ4v) is 5.59. The van der Waals surface area contributed by atoms with Crippen LogP contribution >= 0.6 is 50.9 Å². The summed E-state index contributed by atoms with van der Waals surface area (Å²) in [7, 11) is 0. The fourth-order valence-electron chi connectivity index (χ4n) is 3.55. The fraction of sp³-hybridized carbons (Fsp3) is 0.333. The highest BCUT2D eigenvalue weighted by atomic mass is 79.9. The van der Waals surface area contributed by atoms with E-state index in [9.17, 15) is 18.0 Å². The van der Waals surface area contributed by atoms with Crippen LogP contribution in [-0.2, 0) is 10.4 Å². The van der Waals surface area contributed by atoms with Gasteiger partial charge in [-0.05, 0) is 53.2 Å². The number of rotatable bonds is 4. The summed E-state index contributed by atoms with van der Waals surface area (Å²) >= 11 is 17.0. The number of carbonyl (C=O) groups excluding carboxylic acids is 1. The van der Waals surface area contributed by atoms with Crippen LogP contribution in [0.5, 0.6) is 0 Å². The maximum absolute atomic E-state index is 14.2. The molecule has 11 heteroatoms. The Kier molecular flexibility index (Phi) is 6.24. The Morgan fingerprint density at radius 3 is 2.38 bits per heavy atom. The molecule has 1 N–H and O–H groups in total. The summed E-state index contributed by atoms with van der Waals surface area (Å²) in [6.45, 7) is 1.97. The molecule has 1 unspecified atom stereocenters. The lowest BCUT2D eigenvalue weighted by molar-refractivity contribution is -0.275. The number of alkyl halides is 3. The van der Waals surface area contributed by atoms with Gasteiger partial charge in [-0.3, -0.25) is 4.79 Å². The van der Waals surface area contributed by atoms with Crippen molar-refractivity contribution >= 4 is 62.5 Å². The molecule has 1 amide bonds. The number of hydrogen-bond acceptors (Lipinski definition) is 4. The van der Waals surface area contributed by atoms with Crippen LogP contribution < -0.4 is 5.32 Å². The van der Waals surface area contributed by atoms with Crippen LogP contribution in [0.25, 0.3) is 0 Å². The Morgan fingerprint density at radius 1 is 1.19 bits per heavy atom. The summed E-state index contributed by atoms with van der Waals surface area (Å²) in [6.07, 6.45) is -5.35. The molecule has 1 atom stereocenters. The number of thioether (sulfide) groups is 1. The van der Waals surface area contributed by atoms with Crippen LogP contribution in [-0.4, -0.2) is 34.8 Å². The van der Waals surface area contributed by atoms with E-state index >= 15 is 0 Å². The third-order valence-electron chi connectivity index (χ3n) is 5.32. The van der Waals surface area contributed by atoms with Gasteiger partial charge in [-0.25, -0.2) is 0 Å². The first-order valence-electron chi connectivity index (χ1n) is 9.41. The van der Waals surface area contributed by atoms with Gasteiger partial charge in [-0.15, -0.1) is 0 Å². The molecule has 0 spiro atoms. The lowest BCUT2D eigenvalue weighted by Crippen LogP contribution is -2.55. The first kappa shape index (κ1) is 23.7. The molecule has 2 aromatic carbocycles. The predicted molar refractivity (Wildman–Crippen MR) is 124 cm³/mol. The van der Waals surface area contributed by atoms with Gasteiger partial charge in [-0.1, -0.05) is 34.4 Å². The van der Waals surface area contributed by atoms with Gasteiger partial charge in [0.1, 0.15) is 0 Å². The topological polar surface area (TPSA) is 50.7 Å². The Hall–Kier alpha value is -1.42. The van der Waals surface area contributed by atoms with Crippen molar-refractivity contribution < 1.29 is 22.8 Å². The number of oxime groups is 1. The van der Waals surface area contributed by atoms with Crippen molar-refractivity contribution in [2.45, 2.75) is 30.7 Å². The van der Waals surface area contributed by atoms with Gasteiger partial charge >= 0.3 is 6.18 Å². The highest BCUT2D eigenvalue weighted by molar-refractivity contribution is 9.10. The van der Waals surface area contributed by atoms with Crippen molar-refractivity contribution in [2.24, 2.45) is 5.16 Å². The third-order valence-corrected chi connectivity index (χ3v) is 8.09. The van der Waals surface area contributed by atoms with Crippen molar-refractivity contribution in [3.63, 3.8) is 0 Å². The molecule has 2 aliphatic rings. The number of benzene rings is 2. The van der Waals surface area contributed by atoms with Crippen molar-refractivity contribution in [1.29, 1.82) is 0 Å².